The van der Waals surface area contributed by atoms with Crippen LogP contribution in [0.15, 0.2) is 47.4 Å². The summed E-state index contributed by atoms with van der Waals surface area (Å²) >= 11 is 0. The number of hydrogen-bond donors (Lipinski definition) is 2. The lowest BCUT2D eigenvalue weighted by Crippen LogP contribution is -2.31. The Bertz CT molecular complexity index is 1040. The number of sulfonamides is 2. The zero-order valence-corrected chi connectivity index (χ0v) is 17.7. The summed E-state index contributed by atoms with van der Waals surface area (Å²) in [5, 5.41) is 0. The molecule has 0 spiro atoms. The summed E-state index contributed by atoms with van der Waals surface area (Å²) in [6.07, 6.45) is 3.01. The molecule has 3 rings (SSSR count). The van der Waals surface area contributed by atoms with Gasteiger partial charge in [0.1, 0.15) is 0 Å². The molecule has 0 atom stereocenters. The molecule has 0 amide bonds. The maximum Gasteiger partial charge on any atom is 0.240 e. The molecule has 0 unspecified atom stereocenters. The second-order valence-electron chi connectivity index (χ2n) is 7.46. The molecule has 0 aromatic heterocycles. The highest BCUT2D eigenvalue weighted by Crippen LogP contribution is 2.24. The summed E-state index contributed by atoms with van der Waals surface area (Å²) < 4.78 is 54.3. The van der Waals surface area contributed by atoms with Gasteiger partial charge in [-0.1, -0.05) is 30.3 Å². The number of rotatable bonds is 8. The third-order valence-corrected chi connectivity index (χ3v) is 7.58. The molecule has 2 aromatic carbocycles. The highest BCUT2D eigenvalue weighted by molar-refractivity contribution is 7.89. The first-order valence-electron chi connectivity index (χ1n) is 9.34. The fourth-order valence-corrected chi connectivity index (χ4v) is 5.85. The standard InChI is InChI=1S/C20H26N2O4S2/c1-15(2)22-27(23,24)14-17-8-6-16(7-9-17)13-21-28(25,26)20-11-10-18-4-3-5-19(18)12-20/h6-12,15,21-22H,3-5,13-14H2,1-2H3. The first-order chi connectivity index (χ1) is 13.1. The molecule has 1 aliphatic rings. The highest BCUT2D eigenvalue weighted by atomic mass is 32.2. The fraction of sp³-hybridized carbons (Fsp3) is 0.400. The van der Waals surface area contributed by atoms with Crippen LogP contribution in [0.5, 0.6) is 0 Å². The van der Waals surface area contributed by atoms with Crippen molar-refractivity contribution in [3.05, 3.63) is 64.7 Å². The Morgan fingerprint density at radius 2 is 1.54 bits per heavy atom. The molecular formula is C20H26N2O4S2. The van der Waals surface area contributed by atoms with Crippen LogP contribution < -0.4 is 9.44 Å². The molecule has 0 saturated heterocycles. The van der Waals surface area contributed by atoms with Gasteiger partial charge < -0.3 is 0 Å². The summed E-state index contributed by atoms with van der Waals surface area (Å²) in [5.74, 6) is -0.105. The van der Waals surface area contributed by atoms with Crippen molar-refractivity contribution in [2.75, 3.05) is 0 Å². The van der Waals surface area contributed by atoms with Crippen LogP contribution in [0, 0.1) is 0 Å². The Balaban J connectivity index is 1.63. The zero-order chi connectivity index (χ0) is 20.4. The molecule has 0 saturated carbocycles. The van der Waals surface area contributed by atoms with Crippen LogP contribution in [0.4, 0.5) is 0 Å². The molecule has 152 valence electrons. The van der Waals surface area contributed by atoms with Crippen LogP contribution in [-0.2, 0) is 45.2 Å². The van der Waals surface area contributed by atoms with Gasteiger partial charge in [-0.25, -0.2) is 26.3 Å². The lowest BCUT2D eigenvalue weighted by Gasteiger charge is -2.11. The number of fused-ring (bicyclic) bond motifs is 1. The molecule has 6 nitrogen and oxygen atoms in total. The van der Waals surface area contributed by atoms with Gasteiger partial charge >= 0.3 is 0 Å². The van der Waals surface area contributed by atoms with Gasteiger partial charge in [-0.15, -0.1) is 0 Å². The van der Waals surface area contributed by atoms with E-state index < -0.39 is 20.0 Å². The van der Waals surface area contributed by atoms with Crippen molar-refractivity contribution in [1.82, 2.24) is 9.44 Å². The van der Waals surface area contributed by atoms with Crippen molar-refractivity contribution in [2.24, 2.45) is 0 Å². The largest absolute Gasteiger partial charge is 0.240 e. The predicted molar refractivity (Wildman–Crippen MR) is 110 cm³/mol. The topological polar surface area (TPSA) is 92.3 Å². The molecule has 0 aliphatic heterocycles. The number of benzene rings is 2. The van der Waals surface area contributed by atoms with Crippen molar-refractivity contribution in [2.45, 2.75) is 56.3 Å². The van der Waals surface area contributed by atoms with E-state index in [0.717, 1.165) is 30.4 Å². The van der Waals surface area contributed by atoms with E-state index in [1.54, 1.807) is 50.2 Å². The summed E-state index contributed by atoms with van der Waals surface area (Å²) in [5.41, 5.74) is 3.76. The number of hydrogen-bond acceptors (Lipinski definition) is 4. The monoisotopic (exact) mass is 422 g/mol. The predicted octanol–water partition coefficient (Wildman–Crippen LogP) is 2.48. The van der Waals surface area contributed by atoms with E-state index in [-0.39, 0.29) is 23.2 Å². The maximum atomic E-state index is 12.6. The summed E-state index contributed by atoms with van der Waals surface area (Å²) in [6.45, 7) is 3.69. The van der Waals surface area contributed by atoms with Gasteiger partial charge in [0.2, 0.25) is 20.0 Å². The molecule has 8 heteroatoms. The molecule has 1 aliphatic carbocycles. The Labute approximate surface area is 167 Å². The normalized spacial score (nSPS) is 14.4. The van der Waals surface area contributed by atoms with Gasteiger partial charge in [0.05, 0.1) is 10.6 Å². The fourth-order valence-electron chi connectivity index (χ4n) is 3.35. The van der Waals surface area contributed by atoms with Gasteiger partial charge in [-0.3, -0.25) is 0 Å². The Hall–Kier alpha value is -1.74. The van der Waals surface area contributed by atoms with Gasteiger partial charge in [0, 0.05) is 12.6 Å². The van der Waals surface area contributed by atoms with Crippen molar-refractivity contribution in [3.63, 3.8) is 0 Å². The van der Waals surface area contributed by atoms with Crippen LogP contribution in [0.3, 0.4) is 0 Å². The lowest BCUT2D eigenvalue weighted by atomic mass is 10.1. The van der Waals surface area contributed by atoms with E-state index in [0.29, 0.717) is 5.56 Å². The van der Waals surface area contributed by atoms with Crippen molar-refractivity contribution < 1.29 is 16.8 Å². The summed E-state index contributed by atoms with van der Waals surface area (Å²) in [7, 11) is -6.97. The summed E-state index contributed by atoms with van der Waals surface area (Å²) in [4.78, 5) is 0.288. The summed E-state index contributed by atoms with van der Waals surface area (Å²) in [6, 6.07) is 12.1. The first kappa shape index (κ1) is 21.0. The van der Waals surface area contributed by atoms with Crippen molar-refractivity contribution in [1.29, 1.82) is 0 Å². The van der Waals surface area contributed by atoms with Crippen LogP contribution >= 0.6 is 0 Å². The van der Waals surface area contributed by atoms with Crippen LogP contribution in [0.2, 0.25) is 0 Å². The van der Waals surface area contributed by atoms with Crippen LogP contribution in [-0.4, -0.2) is 22.9 Å². The van der Waals surface area contributed by atoms with Gasteiger partial charge in [-0.05, 0) is 67.5 Å². The van der Waals surface area contributed by atoms with E-state index in [1.165, 1.54) is 5.56 Å². The number of nitrogens with one attached hydrogen (secondary N) is 2. The molecule has 0 bridgehead atoms. The molecule has 0 radical (unpaired) electrons. The van der Waals surface area contributed by atoms with E-state index in [4.69, 9.17) is 0 Å². The minimum absolute atomic E-state index is 0.105. The van der Waals surface area contributed by atoms with Gasteiger partial charge in [0.15, 0.2) is 0 Å². The third-order valence-electron chi connectivity index (χ3n) is 4.64. The highest BCUT2D eigenvalue weighted by Gasteiger charge is 2.18. The van der Waals surface area contributed by atoms with Crippen molar-refractivity contribution in [3.8, 4) is 0 Å². The number of aryl methyl sites for hydroxylation is 2. The molecule has 2 N–H and O–H groups in total. The lowest BCUT2D eigenvalue weighted by molar-refractivity contribution is 0.569. The van der Waals surface area contributed by atoms with E-state index >= 15 is 0 Å². The Morgan fingerprint density at radius 3 is 2.21 bits per heavy atom. The molecular weight excluding hydrogens is 396 g/mol. The Morgan fingerprint density at radius 1 is 0.893 bits per heavy atom. The molecule has 28 heavy (non-hydrogen) atoms. The first-order valence-corrected chi connectivity index (χ1v) is 12.5. The second kappa shape index (κ2) is 8.32. The average molecular weight is 423 g/mol. The zero-order valence-electron chi connectivity index (χ0n) is 16.1. The van der Waals surface area contributed by atoms with Gasteiger partial charge in [-0.2, -0.15) is 0 Å². The second-order valence-corrected chi connectivity index (χ2v) is 11.0. The molecule has 2 aromatic rings. The average Bonchev–Trinajstić information content (AvgIpc) is 3.07. The van der Waals surface area contributed by atoms with Crippen molar-refractivity contribution >= 4 is 20.0 Å². The minimum Gasteiger partial charge on any atom is -0.212 e. The minimum atomic E-state index is -3.59. The molecule has 0 fully saturated rings. The third kappa shape index (κ3) is 5.41. The van der Waals surface area contributed by atoms with Gasteiger partial charge in [0.25, 0.3) is 0 Å². The van der Waals surface area contributed by atoms with E-state index in [2.05, 4.69) is 9.44 Å². The smallest absolute Gasteiger partial charge is 0.212 e. The SMILES string of the molecule is CC(C)NS(=O)(=O)Cc1ccc(CNS(=O)(=O)c2ccc3c(c2)CCC3)cc1. The van der Waals surface area contributed by atoms with Crippen LogP contribution in [0.1, 0.15) is 42.5 Å². The van der Waals surface area contributed by atoms with E-state index in [1.807, 2.05) is 6.07 Å². The van der Waals surface area contributed by atoms with Crippen LogP contribution in [0.25, 0.3) is 0 Å². The maximum absolute atomic E-state index is 12.6. The quantitative estimate of drug-likeness (QED) is 0.684. The van der Waals surface area contributed by atoms with E-state index in [9.17, 15) is 16.8 Å². The Kier molecular flexibility index (Phi) is 6.24. The molecule has 0 heterocycles.